The maximum atomic E-state index is 14.7. The van der Waals surface area contributed by atoms with Crippen molar-refractivity contribution in [1.82, 2.24) is 14.7 Å². The number of allylic oxidation sites excluding steroid dienone is 2. The number of aliphatic hydroxyl groups is 1. The lowest BCUT2D eigenvalue weighted by atomic mass is 10.1. The van der Waals surface area contributed by atoms with Gasteiger partial charge in [-0.15, -0.1) is 0 Å². The molecule has 0 atom stereocenters. The van der Waals surface area contributed by atoms with Crippen molar-refractivity contribution >= 4 is 11.5 Å². The Morgan fingerprint density at radius 3 is 2.52 bits per heavy atom. The van der Waals surface area contributed by atoms with Gasteiger partial charge in [0.2, 0.25) is 0 Å². The van der Waals surface area contributed by atoms with Crippen molar-refractivity contribution in [2.24, 2.45) is 4.99 Å². The number of likely N-dealkylation sites (tertiary alicyclic amines) is 1. The first-order chi connectivity index (χ1) is 14.7. The molecule has 6 nitrogen and oxygen atoms in total. The number of aliphatic imine (C=N–C) groups is 1. The van der Waals surface area contributed by atoms with Crippen molar-refractivity contribution in [2.45, 2.75) is 53.2 Å². The highest BCUT2D eigenvalue weighted by molar-refractivity contribution is 5.98. The molecule has 1 aromatic heterocycles. The second kappa shape index (κ2) is 10.0. The highest BCUT2D eigenvalue weighted by Gasteiger charge is 2.20. The fourth-order valence-electron chi connectivity index (χ4n) is 3.79. The standard InChI is InChI=1S/C24H32FN5O/c1-6-23(25)24(27-19(5)26-21-12-16(2)11-17(3)13-21)30-15-20(18(4)28-30)14-29-9-7-22(31)8-10-29/h6,11-13,15,22,26,31H,5,7-10,14H2,1-4H3/b23-6+,27-24+. The van der Waals surface area contributed by atoms with Crippen LogP contribution < -0.4 is 5.32 Å². The van der Waals surface area contributed by atoms with Crippen molar-refractivity contribution in [3.8, 4) is 0 Å². The molecule has 0 unspecified atom stereocenters. The largest absolute Gasteiger partial charge is 0.393 e. The average Bonchev–Trinajstić information content (AvgIpc) is 3.06. The molecule has 0 radical (unpaired) electrons. The van der Waals surface area contributed by atoms with E-state index in [0.29, 0.717) is 12.4 Å². The molecular weight excluding hydrogens is 393 g/mol. The average molecular weight is 426 g/mol. The molecule has 2 aromatic rings. The summed E-state index contributed by atoms with van der Waals surface area (Å²) in [5.41, 5.74) is 4.95. The molecular formula is C24H32FN5O. The molecule has 2 N–H and O–H groups in total. The molecule has 31 heavy (non-hydrogen) atoms. The summed E-state index contributed by atoms with van der Waals surface area (Å²) < 4.78 is 16.2. The summed E-state index contributed by atoms with van der Waals surface area (Å²) in [6.45, 7) is 13.9. The van der Waals surface area contributed by atoms with Gasteiger partial charge in [-0.1, -0.05) is 12.6 Å². The van der Waals surface area contributed by atoms with Crippen LogP contribution in [-0.4, -0.2) is 44.8 Å². The van der Waals surface area contributed by atoms with Crippen molar-refractivity contribution in [1.29, 1.82) is 0 Å². The zero-order valence-electron chi connectivity index (χ0n) is 18.8. The minimum absolute atomic E-state index is 0.0905. The van der Waals surface area contributed by atoms with Gasteiger partial charge in [0.05, 0.1) is 11.8 Å². The Morgan fingerprint density at radius 1 is 1.26 bits per heavy atom. The lowest BCUT2D eigenvalue weighted by molar-refractivity contribution is 0.0791. The second-order valence-electron chi connectivity index (χ2n) is 8.21. The number of aromatic nitrogens is 2. The Kier molecular flexibility index (Phi) is 7.41. The van der Waals surface area contributed by atoms with Crippen molar-refractivity contribution in [3.05, 3.63) is 71.1 Å². The van der Waals surface area contributed by atoms with E-state index in [9.17, 15) is 9.50 Å². The maximum Gasteiger partial charge on any atom is 0.191 e. The number of hydrogen-bond acceptors (Lipinski definition) is 5. The van der Waals surface area contributed by atoms with Gasteiger partial charge in [0, 0.05) is 37.1 Å². The van der Waals surface area contributed by atoms with Crippen molar-refractivity contribution in [2.75, 3.05) is 18.4 Å². The molecule has 2 heterocycles. The van der Waals surface area contributed by atoms with Gasteiger partial charge in [-0.25, -0.2) is 14.1 Å². The van der Waals surface area contributed by atoms with Crippen LogP contribution in [0.25, 0.3) is 0 Å². The highest BCUT2D eigenvalue weighted by Crippen LogP contribution is 2.19. The summed E-state index contributed by atoms with van der Waals surface area (Å²) in [4.78, 5) is 6.69. The van der Waals surface area contributed by atoms with Crippen LogP contribution in [0.1, 0.15) is 42.1 Å². The number of benzene rings is 1. The predicted octanol–water partition coefficient (Wildman–Crippen LogP) is 4.47. The molecule has 0 spiro atoms. The van der Waals surface area contributed by atoms with Gasteiger partial charge in [0.25, 0.3) is 0 Å². The first-order valence-corrected chi connectivity index (χ1v) is 10.7. The van der Waals surface area contributed by atoms with Gasteiger partial charge in [-0.05, 0) is 69.9 Å². The van der Waals surface area contributed by atoms with E-state index in [2.05, 4.69) is 33.0 Å². The quantitative estimate of drug-likeness (QED) is 0.529. The number of nitrogens with one attached hydrogen (secondary N) is 1. The number of nitrogens with zero attached hydrogens (tertiary/aromatic N) is 4. The van der Waals surface area contributed by atoms with E-state index in [1.807, 2.05) is 39.1 Å². The molecule has 0 amide bonds. The number of aliphatic hydroxyl groups excluding tert-OH is 1. The van der Waals surface area contributed by atoms with Gasteiger partial charge in [-0.2, -0.15) is 5.10 Å². The molecule has 0 bridgehead atoms. The van der Waals surface area contributed by atoms with Crippen LogP contribution in [0.2, 0.25) is 0 Å². The molecule has 1 saturated heterocycles. The molecule has 1 aromatic carbocycles. The van der Waals surface area contributed by atoms with E-state index in [4.69, 9.17) is 0 Å². The number of piperidine rings is 1. The smallest absolute Gasteiger partial charge is 0.191 e. The highest BCUT2D eigenvalue weighted by atomic mass is 19.1. The predicted molar refractivity (Wildman–Crippen MR) is 124 cm³/mol. The molecule has 166 valence electrons. The van der Waals surface area contributed by atoms with Gasteiger partial charge in [-0.3, -0.25) is 4.90 Å². The number of aryl methyl sites for hydroxylation is 3. The van der Waals surface area contributed by atoms with E-state index in [1.54, 1.807) is 6.92 Å². The second-order valence-corrected chi connectivity index (χ2v) is 8.21. The van der Waals surface area contributed by atoms with Crippen LogP contribution in [0.4, 0.5) is 10.1 Å². The normalized spacial score (nSPS) is 16.6. The third kappa shape index (κ3) is 6.12. The summed E-state index contributed by atoms with van der Waals surface area (Å²) >= 11 is 0. The Hall–Kier alpha value is -2.77. The Morgan fingerprint density at radius 2 is 1.90 bits per heavy atom. The fraction of sp³-hybridized carbons (Fsp3) is 0.417. The van der Waals surface area contributed by atoms with Gasteiger partial charge >= 0.3 is 0 Å². The monoisotopic (exact) mass is 425 g/mol. The number of halogens is 1. The minimum Gasteiger partial charge on any atom is -0.393 e. The number of rotatable bonds is 6. The molecule has 1 aliphatic heterocycles. The first kappa shape index (κ1) is 22.9. The summed E-state index contributed by atoms with van der Waals surface area (Å²) in [5.74, 6) is -0.0527. The van der Waals surface area contributed by atoms with Crippen LogP contribution in [0.3, 0.4) is 0 Å². The molecule has 1 fully saturated rings. The zero-order valence-corrected chi connectivity index (χ0v) is 18.8. The van der Waals surface area contributed by atoms with E-state index >= 15 is 0 Å². The van der Waals surface area contributed by atoms with Crippen molar-refractivity contribution < 1.29 is 9.50 Å². The van der Waals surface area contributed by atoms with E-state index in [1.165, 1.54) is 10.8 Å². The Labute approximate surface area is 183 Å². The Bertz CT molecular complexity index is 979. The van der Waals surface area contributed by atoms with Crippen LogP contribution in [-0.2, 0) is 6.54 Å². The van der Waals surface area contributed by atoms with E-state index in [-0.39, 0.29) is 11.9 Å². The van der Waals surface area contributed by atoms with Gasteiger partial charge < -0.3 is 10.4 Å². The molecule has 0 aliphatic carbocycles. The third-order valence-corrected chi connectivity index (χ3v) is 5.39. The molecule has 1 aliphatic rings. The van der Waals surface area contributed by atoms with E-state index < -0.39 is 5.83 Å². The summed E-state index contributed by atoms with van der Waals surface area (Å²) in [6.07, 6.45) is 4.53. The molecule has 0 saturated carbocycles. The van der Waals surface area contributed by atoms with E-state index in [0.717, 1.165) is 54.0 Å². The lowest BCUT2D eigenvalue weighted by Gasteiger charge is -2.29. The van der Waals surface area contributed by atoms with Crippen LogP contribution in [0.15, 0.2) is 53.7 Å². The summed E-state index contributed by atoms with van der Waals surface area (Å²) in [7, 11) is 0. The summed E-state index contributed by atoms with van der Waals surface area (Å²) in [5, 5.41) is 17.4. The number of hydrogen-bond donors (Lipinski definition) is 2. The van der Waals surface area contributed by atoms with Crippen LogP contribution >= 0.6 is 0 Å². The van der Waals surface area contributed by atoms with Gasteiger partial charge in [0.1, 0.15) is 5.82 Å². The topological polar surface area (TPSA) is 65.7 Å². The first-order valence-electron chi connectivity index (χ1n) is 10.7. The van der Waals surface area contributed by atoms with Crippen molar-refractivity contribution in [3.63, 3.8) is 0 Å². The van der Waals surface area contributed by atoms with Crippen LogP contribution in [0, 0.1) is 20.8 Å². The number of anilines is 1. The SMILES string of the molecule is C=C(/N=C(\C(F)=C/C)n1cc(CN2CCC(O)CC2)c(C)n1)Nc1cc(C)cc(C)c1. The zero-order chi connectivity index (χ0) is 22.5. The Balaban J connectivity index is 1.81. The fourth-order valence-corrected chi connectivity index (χ4v) is 3.79. The third-order valence-electron chi connectivity index (χ3n) is 5.39. The maximum absolute atomic E-state index is 14.7. The van der Waals surface area contributed by atoms with Gasteiger partial charge in [0.15, 0.2) is 11.7 Å². The summed E-state index contributed by atoms with van der Waals surface area (Å²) in [6, 6.07) is 6.06. The van der Waals surface area contributed by atoms with Crippen LogP contribution in [0.5, 0.6) is 0 Å². The lowest BCUT2D eigenvalue weighted by Crippen LogP contribution is -2.35. The molecule has 3 rings (SSSR count). The molecule has 7 heteroatoms. The minimum atomic E-state index is -0.474.